The fourth-order valence-electron chi connectivity index (χ4n) is 1.28. The number of phenols is 1. The Kier molecular flexibility index (Phi) is 5.38. The van der Waals surface area contributed by atoms with Crippen molar-refractivity contribution in [1.29, 1.82) is 0 Å². The number of carbonyl (C=O) groups excluding carboxylic acids is 1. The molecular weight excluding hydrogens is 292 g/mol. The molecule has 1 rings (SSSR count). The Morgan fingerprint density at radius 1 is 1.47 bits per heavy atom. The summed E-state index contributed by atoms with van der Waals surface area (Å²) in [6.07, 6.45) is 1.18. The van der Waals surface area contributed by atoms with Gasteiger partial charge >= 0.3 is 5.97 Å². The molecule has 0 spiro atoms. The third-order valence-corrected chi connectivity index (χ3v) is 4.35. The van der Waals surface area contributed by atoms with Gasteiger partial charge in [-0.15, -0.1) is 0 Å². The quantitative estimate of drug-likeness (QED) is 0.493. The maximum atomic E-state index is 11.9. The van der Waals surface area contributed by atoms with E-state index in [0.717, 1.165) is 6.08 Å². The number of hydrogen-bond acceptors (Lipinski definition) is 5. The van der Waals surface area contributed by atoms with E-state index in [9.17, 15) is 18.3 Å². The normalized spacial score (nSPS) is 11.0. The molecular formula is C12H13ClO5S. The Balaban J connectivity index is 2.63. The van der Waals surface area contributed by atoms with Gasteiger partial charge in [0.2, 0.25) is 0 Å². The van der Waals surface area contributed by atoms with Gasteiger partial charge in [-0.3, -0.25) is 0 Å². The predicted octanol–water partition coefficient (Wildman–Crippen LogP) is 1.94. The number of rotatable bonds is 6. The molecule has 0 saturated carbocycles. The number of phenolic OH excluding ortho intramolecular Hbond substituents is 1. The molecule has 1 N–H and O–H groups in total. The summed E-state index contributed by atoms with van der Waals surface area (Å²) in [6.45, 7) is 3.22. The van der Waals surface area contributed by atoms with Crippen molar-refractivity contribution in [2.75, 3.05) is 12.4 Å². The van der Waals surface area contributed by atoms with E-state index < -0.39 is 15.8 Å². The highest BCUT2D eigenvalue weighted by Crippen LogP contribution is 2.26. The maximum Gasteiger partial charge on any atom is 0.330 e. The maximum absolute atomic E-state index is 11.9. The molecule has 0 saturated heterocycles. The van der Waals surface area contributed by atoms with Crippen molar-refractivity contribution in [1.82, 2.24) is 0 Å². The lowest BCUT2D eigenvalue weighted by Gasteiger charge is -2.06. The molecule has 0 aliphatic heterocycles. The molecule has 5 nitrogen and oxygen atoms in total. The Morgan fingerprint density at radius 3 is 2.74 bits per heavy atom. The number of esters is 1. The number of carbonyl (C=O) groups is 1. The number of benzene rings is 1. The first kappa shape index (κ1) is 15.5. The molecule has 0 aliphatic rings. The van der Waals surface area contributed by atoms with Crippen LogP contribution in [-0.2, 0) is 19.4 Å². The van der Waals surface area contributed by atoms with Crippen molar-refractivity contribution in [2.24, 2.45) is 0 Å². The Hall–Kier alpha value is -1.53. The lowest BCUT2D eigenvalue weighted by atomic mass is 10.3. The summed E-state index contributed by atoms with van der Waals surface area (Å²) in [5, 5.41) is 9.19. The number of sulfone groups is 1. The largest absolute Gasteiger partial charge is 0.506 e. The van der Waals surface area contributed by atoms with Gasteiger partial charge in [0.05, 0.1) is 22.3 Å². The number of aromatic hydroxyl groups is 1. The topological polar surface area (TPSA) is 80.7 Å². The van der Waals surface area contributed by atoms with Crippen molar-refractivity contribution in [3.8, 4) is 5.75 Å². The van der Waals surface area contributed by atoms with E-state index in [1.54, 1.807) is 0 Å². The minimum atomic E-state index is -3.52. The van der Waals surface area contributed by atoms with Crippen LogP contribution in [0.25, 0.3) is 0 Å². The van der Waals surface area contributed by atoms with Crippen LogP contribution in [0.4, 0.5) is 0 Å². The summed E-state index contributed by atoms with van der Waals surface area (Å²) in [7, 11) is -3.52. The van der Waals surface area contributed by atoms with Gasteiger partial charge < -0.3 is 9.84 Å². The number of ether oxygens (including phenoxy) is 1. The Labute approximate surface area is 116 Å². The minimum Gasteiger partial charge on any atom is -0.506 e. The van der Waals surface area contributed by atoms with Crippen molar-refractivity contribution in [2.45, 2.75) is 11.3 Å². The van der Waals surface area contributed by atoms with Gasteiger partial charge in [-0.1, -0.05) is 18.2 Å². The zero-order valence-corrected chi connectivity index (χ0v) is 11.6. The summed E-state index contributed by atoms with van der Waals surface area (Å²) in [4.78, 5) is 10.8. The minimum absolute atomic E-state index is 0.00407. The van der Waals surface area contributed by atoms with E-state index in [4.69, 9.17) is 11.6 Å². The van der Waals surface area contributed by atoms with Crippen LogP contribution in [-0.4, -0.2) is 31.9 Å². The fraction of sp³-hybridized carbons (Fsp3) is 0.250. The molecule has 19 heavy (non-hydrogen) atoms. The van der Waals surface area contributed by atoms with Gasteiger partial charge in [0, 0.05) is 6.08 Å². The fourth-order valence-corrected chi connectivity index (χ4v) is 2.83. The highest BCUT2D eigenvalue weighted by Gasteiger charge is 2.15. The molecule has 1 aromatic carbocycles. The third kappa shape index (κ3) is 4.57. The van der Waals surface area contributed by atoms with Gasteiger partial charge in [-0.2, -0.15) is 0 Å². The van der Waals surface area contributed by atoms with E-state index in [0.29, 0.717) is 0 Å². The molecule has 0 fully saturated rings. The Morgan fingerprint density at radius 2 is 2.16 bits per heavy atom. The third-order valence-electron chi connectivity index (χ3n) is 2.25. The molecule has 0 aliphatic carbocycles. The van der Waals surface area contributed by atoms with Crippen LogP contribution in [0.3, 0.4) is 0 Å². The van der Waals surface area contributed by atoms with Crippen LogP contribution >= 0.6 is 11.6 Å². The zero-order chi connectivity index (χ0) is 14.5. The van der Waals surface area contributed by atoms with Crippen LogP contribution in [0, 0.1) is 0 Å². The smallest absolute Gasteiger partial charge is 0.330 e. The highest BCUT2D eigenvalue weighted by molar-refractivity contribution is 7.91. The van der Waals surface area contributed by atoms with E-state index in [1.165, 1.54) is 18.2 Å². The number of halogens is 1. The first-order chi connectivity index (χ1) is 8.86. The molecule has 0 unspecified atom stereocenters. The first-order valence-electron chi connectivity index (χ1n) is 5.37. The lowest BCUT2D eigenvalue weighted by Crippen LogP contribution is -2.11. The van der Waals surface area contributed by atoms with Crippen molar-refractivity contribution in [3.05, 3.63) is 35.9 Å². The summed E-state index contributed by atoms with van der Waals surface area (Å²) in [6, 6.07) is 3.67. The summed E-state index contributed by atoms with van der Waals surface area (Å²) < 4.78 is 28.5. The standard InChI is InChI=1S/C12H13ClO5S/c1-2-12(15)18-6-3-7-19(16,17)9-4-5-11(14)10(13)8-9/h2,4-5,8,14H,1,3,6-7H2. The van der Waals surface area contributed by atoms with Crippen LogP contribution < -0.4 is 0 Å². The van der Waals surface area contributed by atoms with Crippen molar-refractivity contribution >= 4 is 27.4 Å². The van der Waals surface area contributed by atoms with E-state index in [2.05, 4.69) is 11.3 Å². The van der Waals surface area contributed by atoms with Crippen molar-refractivity contribution < 1.29 is 23.1 Å². The SMILES string of the molecule is C=CC(=O)OCCCS(=O)(=O)c1ccc(O)c(Cl)c1. The first-order valence-corrected chi connectivity index (χ1v) is 7.40. The summed E-state index contributed by atoms with van der Waals surface area (Å²) >= 11 is 5.65. The monoisotopic (exact) mass is 304 g/mol. The number of hydrogen-bond donors (Lipinski definition) is 1. The molecule has 0 heterocycles. The van der Waals surface area contributed by atoms with Gasteiger partial charge in [-0.25, -0.2) is 13.2 Å². The average molecular weight is 305 g/mol. The molecule has 104 valence electrons. The summed E-state index contributed by atoms with van der Waals surface area (Å²) in [5.41, 5.74) is 0. The van der Waals surface area contributed by atoms with Crippen molar-refractivity contribution in [3.63, 3.8) is 0 Å². The second-order valence-corrected chi connectivity index (χ2v) is 6.17. The lowest BCUT2D eigenvalue weighted by molar-refractivity contribution is -0.137. The van der Waals surface area contributed by atoms with Gasteiger partial charge in [0.25, 0.3) is 0 Å². The Bertz CT molecular complexity index is 580. The molecule has 0 aromatic heterocycles. The van der Waals surface area contributed by atoms with Crippen LogP contribution in [0.5, 0.6) is 5.75 Å². The second-order valence-electron chi connectivity index (χ2n) is 3.66. The van der Waals surface area contributed by atoms with Gasteiger partial charge in [-0.05, 0) is 24.6 Å². The van der Waals surface area contributed by atoms with Gasteiger partial charge in [0.15, 0.2) is 9.84 Å². The second kappa shape index (κ2) is 6.58. The predicted molar refractivity (Wildman–Crippen MR) is 70.9 cm³/mol. The molecule has 0 atom stereocenters. The zero-order valence-electron chi connectivity index (χ0n) is 10.0. The highest BCUT2D eigenvalue weighted by atomic mass is 35.5. The molecule has 1 aromatic rings. The van der Waals surface area contributed by atoms with E-state index in [1.807, 2.05) is 0 Å². The molecule has 7 heteroatoms. The van der Waals surface area contributed by atoms with E-state index >= 15 is 0 Å². The van der Waals surface area contributed by atoms with Crippen LogP contribution in [0.1, 0.15) is 6.42 Å². The summed E-state index contributed by atoms with van der Waals surface area (Å²) in [5.74, 6) is -0.955. The van der Waals surface area contributed by atoms with Crippen LogP contribution in [0.2, 0.25) is 5.02 Å². The molecule has 0 amide bonds. The van der Waals surface area contributed by atoms with Gasteiger partial charge in [0.1, 0.15) is 5.75 Å². The molecule has 0 radical (unpaired) electrons. The van der Waals surface area contributed by atoms with E-state index in [-0.39, 0.29) is 34.4 Å². The average Bonchev–Trinajstić information content (AvgIpc) is 2.37. The van der Waals surface area contributed by atoms with Crippen LogP contribution in [0.15, 0.2) is 35.7 Å². The molecule has 0 bridgehead atoms.